The van der Waals surface area contributed by atoms with E-state index in [1.165, 1.54) is 28.5 Å². The quantitative estimate of drug-likeness (QED) is 0.434. The minimum Gasteiger partial charge on any atom is -0.459 e. The topological polar surface area (TPSA) is 100 Å². The summed E-state index contributed by atoms with van der Waals surface area (Å²) in [6.07, 6.45) is 4.55. The van der Waals surface area contributed by atoms with Gasteiger partial charge in [-0.25, -0.2) is 4.98 Å². The molecular weight excluding hydrogens is 466 g/mol. The predicted octanol–water partition coefficient (Wildman–Crippen LogP) is 4.11. The van der Waals surface area contributed by atoms with Crippen molar-refractivity contribution in [2.24, 2.45) is 0 Å². The van der Waals surface area contributed by atoms with Gasteiger partial charge >= 0.3 is 0 Å². The Morgan fingerprint density at radius 2 is 2.00 bits per heavy atom. The summed E-state index contributed by atoms with van der Waals surface area (Å²) in [6.45, 7) is 2.70. The van der Waals surface area contributed by atoms with E-state index in [4.69, 9.17) is 4.42 Å². The average molecular weight is 494 g/mol. The number of rotatable bonds is 5. The second-order valence-corrected chi connectivity index (χ2v) is 9.53. The molecule has 37 heavy (non-hydrogen) atoms. The van der Waals surface area contributed by atoms with Gasteiger partial charge in [0, 0.05) is 44.0 Å². The van der Waals surface area contributed by atoms with Crippen molar-refractivity contribution >= 4 is 34.1 Å². The van der Waals surface area contributed by atoms with Crippen LogP contribution < -0.4 is 10.6 Å². The normalized spacial score (nSPS) is 16.5. The van der Waals surface area contributed by atoms with E-state index >= 15 is 0 Å². The van der Waals surface area contributed by atoms with Crippen molar-refractivity contribution in [3.63, 3.8) is 0 Å². The van der Waals surface area contributed by atoms with Crippen LogP contribution in [0, 0.1) is 6.92 Å². The number of aromatic nitrogens is 2. The first-order valence-corrected chi connectivity index (χ1v) is 12.4. The summed E-state index contributed by atoms with van der Waals surface area (Å²) in [5.41, 5.74) is 8.90. The van der Waals surface area contributed by atoms with Crippen molar-refractivity contribution in [1.82, 2.24) is 20.2 Å². The van der Waals surface area contributed by atoms with E-state index in [2.05, 4.69) is 32.7 Å². The van der Waals surface area contributed by atoms with Crippen molar-refractivity contribution in [3.05, 3.63) is 94.7 Å². The number of nitrogens with one attached hydrogen (secondary N) is 2. The Morgan fingerprint density at radius 1 is 1.14 bits per heavy atom. The number of hydrogen-bond acceptors (Lipinski definition) is 6. The number of fused-ring (bicyclic) bond motifs is 3. The largest absolute Gasteiger partial charge is 0.459 e. The summed E-state index contributed by atoms with van der Waals surface area (Å²) in [4.78, 5) is 37.3. The SMILES string of the molecule is CNC(=O)[C@H]1CC2=C(Cc3ccccc32)CN1C(=O)c1occc1CNc1ccc2nc(C)cnc2c1. The second-order valence-electron chi connectivity index (χ2n) is 9.53. The van der Waals surface area contributed by atoms with Crippen molar-refractivity contribution in [3.8, 4) is 0 Å². The predicted molar refractivity (Wildman–Crippen MR) is 141 cm³/mol. The van der Waals surface area contributed by atoms with E-state index in [0.717, 1.165) is 34.4 Å². The smallest absolute Gasteiger partial charge is 0.290 e. The molecule has 1 aliphatic heterocycles. The van der Waals surface area contributed by atoms with Crippen molar-refractivity contribution in [1.29, 1.82) is 0 Å². The number of carbonyl (C=O) groups excluding carboxylic acids is 2. The molecule has 0 fully saturated rings. The van der Waals surface area contributed by atoms with Gasteiger partial charge in [0.05, 0.1) is 23.0 Å². The summed E-state index contributed by atoms with van der Waals surface area (Å²) in [7, 11) is 1.61. The third-order valence-electron chi connectivity index (χ3n) is 7.20. The zero-order valence-electron chi connectivity index (χ0n) is 20.7. The first-order chi connectivity index (χ1) is 18.0. The molecule has 2 aromatic heterocycles. The molecule has 6 rings (SSSR count). The first kappa shape index (κ1) is 23.0. The Hall–Kier alpha value is -4.46. The van der Waals surface area contributed by atoms with Crippen molar-refractivity contribution in [2.75, 3.05) is 18.9 Å². The highest BCUT2D eigenvalue weighted by atomic mass is 16.3. The Kier molecular flexibility index (Phi) is 5.71. The van der Waals surface area contributed by atoms with Crippen molar-refractivity contribution < 1.29 is 14.0 Å². The molecule has 1 aliphatic carbocycles. The van der Waals surface area contributed by atoms with Gasteiger partial charge in [0.2, 0.25) is 5.91 Å². The van der Waals surface area contributed by atoms with Gasteiger partial charge in [0.1, 0.15) is 6.04 Å². The number of anilines is 1. The Balaban J connectivity index is 1.24. The molecule has 2 N–H and O–H groups in total. The van der Waals surface area contributed by atoms with Gasteiger partial charge in [-0.15, -0.1) is 0 Å². The molecule has 0 unspecified atom stereocenters. The van der Waals surface area contributed by atoms with Crippen LogP contribution in [0.5, 0.6) is 0 Å². The molecule has 0 saturated heterocycles. The van der Waals surface area contributed by atoms with Gasteiger partial charge in [-0.05, 0) is 59.9 Å². The van der Waals surface area contributed by atoms with Crippen LogP contribution in [0.4, 0.5) is 5.69 Å². The maximum Gasteiger partial charge on any atom is 0.290 e. The lowest BCUT2D eigenvalue weighted by Crippen LogP contribution is -2.51. The van der Waals surface area contributed by atoms with Crippen LogP contribution in [0.2, 0.25) is 0 Å². The van der Waals surface area contributed by atoms with Crippen LogP contribution in [-0.2, 0) is 17.8 Å². The molecule has 8 heteroatoms. The van der Waals surface area contributed by atoms with E-state index in [-0.39, 0.29) is 17.6 Å². The zero-order chi connectivity index (χ0) is 25.5. The number of furan rings is 1. The van der Waals surface area contributed by atoms with E-state index < -0.39 is 6.04 Å². The van der Waals surface area contributed by atoms with E-state index in [1.54, 1.807) is 24.2 Å². The van der Waals surface area contributed by atoms with Crippen molar-refractivity contribution in [2.45, 2.75) is 32.4 Å². The molecule has 0 spiro atoms. The second kappa shape index (κ2) is 9.20. The summed E-state index contributed by atoms with van der Waals surface area (Å²) in [6, 6.07) is 15.3. The Bertz CT molecular complexity index is 1570. The Morgan fingerprint density at radius 3 is 2.86 bits per heavy atom. The van der Waals surface area contributed by atoms with Crippen LogP contribution in [0.1, 0.15) is 39.4 Å². The molecule has 2 amide bonds. The van der Waals surface area contributed by atoms with Gasteiger partial charge in [-0.1, -0.05) is 24.3 Å². The maximum absolute atomic E-state index is 13.8. The molecule has 0 bridgehead atoms. The number of amides is 2. The van der Waals surface area contributed by atoms with Crippen LogP contribution >= 0.6 is 0 Å². The molecule has 2 aromatic carbocycles. The molecule has 0 saturated carbocycles. The first-order valence-electron chi connectivity index (χ1n) is 12.4. The summed E-state index contributed by atoms with van der Waals surface area (Å²) < 4.78 is 5.69. The fraction of sp³-hybridized carbons (Fsp3) is 0.241. The highest BCUT2D eigenvalue weighted by molar-refractivity contribution is 5.99. The zero-order valence-corrected chi connectivity index (χ0v) is 20.7. The van der Waals surface area contributed by atoms with E-state index in [1.807, 2.05) is 37.3 Å². The van der Waals surface area contributed by atoms with Crippen LogP contribution in [0.3, 0.4) is 0 Å². The fourth-order valence-electron chi connectivity index (χ4n) is 5.34. The summed E-state index contributed by atoms with van der Waals surface area (Å²) in [5.74, 6) is -0.210. The number of carbonyl (C=O) groups is 2. The van der Waals surface area contributed by atoms with E-state index in [0.29, 0.717) is 19.5 Å². The minimum absolute atomic E-state index is 0.178. The van der Waals surface area contributed by atoms with Gasteiger partial charge < -0.3 is 20.0 Å². The Labute approximate surface area is 214 Å². The molecule has 2 aliphatic rings. The highest BCUT2D eigenvalue weighted by Crippen LogP contribution is 2.40. The lowest BCUT2D eigenvalue weighted by atomic mass is 9.92. The molecule has 0 radical (unpaired) electrons. The van der Waals surface area contributed by atoms with Gasteiger partial charge in [0.15, 0.2) is 5.76 Å². The third-order valence-corrected chi connectivity index (χ3v) is 7.20. The van der Waals surface area contributed by atoms with E-state index in [9.17, 15) is 9.59 Å². The lowest BCUT2D eigenvalue weighted by Gasteiger charge is -2.35. The maximum atomic E-state index is 13.8. The fourth-order valence-corrected chi connectivity index (χ4v) is 5.34. The van der Waals surface area contributed by atoms with Gasteiger partial charge in [0.25, 0.3) is 5.91 Å². The monoisotopic (exact) mass is 493 g/mol. The minimum atomic E-state index is -0.601. The number of nitrogens with zero attached hydrogens (tertiary/aromatic N) is 3. The summed E-state index contributed by atoms with van der Waals surface area (Å²) >= 11 is 0. The molecule has 3 heterocycles. The van der Waals surface area contributed by atoms with Crippen LogP contribution in [0.15, 0.2) is 71.0 Å². The number of aryl methyl sites for hydroxylation is 1. The molecule has 186 valence electrons. The third kappa shape index (κ3) is 4.14. The average Bonchev–Trinajstić information content (AvgIpc) is 3.54. The number of benzene rings is 2. The van der Waals surface area contributed by atoms with Gasteiger partial charge in [-0.2, -0.15) is 0 Å². The summed E-state index contributed by atoms with van der Waals surface area (Å²) in [5, 5.41) is 6.10. The standard InChI is InChI=1S/C29H27N5O3/c1-17-14-32-25-12-21(7-8-24(25)33-17)31-15-19-9-10-37-27(19)29(36)34-16-20-11-18-5-3-4-6-22(18)23(20)13-26(34)28(35)30-2/h3-10,12,14,26,31H,11,13,15-16H2,1-2H3,(H,30,35)/t26-/m1/s1. The number of likely N-dealkylation sites (N-methyl/N-ethyl adjacent to an activating group) is 1. The molecular formula is C29H27N5O3. The number of hydrogen-bond donors (Lipinski definition) is 2. The van der Waals surface area contributed by atoms with Gasteiger partial charge in [-0.3, -0.25) is 14.6 Å². The lowest BCUT2D eigenvalue weighted by molar-refractivity contribution is -0.125. The highest BCUT2D eigenvalue weighted by Gasteiger charge is 2.39. The van der Waals surface area contributed by atoms with Crippen LogP contribution in [-0.4, -0.2) is 46.3 Å². The van der Waals surface area contributed by atoms with Crippen LogP contribution in [0.25, 0.3) is 16.6 Å². The molecule has 1 atom stereocenters. The molecule has 8 nitrogen and oxygen atoms in total. The molecule has 4 aromatic rings.